The van der Waals surface area contributed by atoms with E-state index in [0.717, 1.165) is 0 Å². The Hall–Kier alpha value is -3.22. The highest BCUT2D eigenvalue weighted by atomic mass is 16.6. The summed E-state index contributed by atoms with van der Waals surface area (Å²) in [6, 6.07) is 11.4. The molecule has 0 aliphatic carbocycles. The van der Waals surface area contributed by atoms with Crippen molar-refractivity contribution in [1.82, 2.24) is 0 Å². The Morgan fingerprint density at radius 2 is 1.76 bits per heavy atom. The van der Waals surface area contributed by atoms with E-state index >= 15 is 0 Å². The summed E-state index contributed by atoms with van der Waals surface area (Å²) in [7, 11) is 0. The molecule has 3 rings (SSSR count). The molecule has 1 amide bonds. The lowest BCUT2D eigenvalue weighted by Crippen LogP contribution is -2.30. The number of hydrogen-bond acceptors (Lipinski definition) is 6. The maximum absolute atomic E-state index is 12.2. The van der Waals surface area contributed by atoms with E-state index in [1.807, 2.05) is 0 Å². The molecule has 7 nitrogen and oxygen atoms in total. The van der Waals surface area contributed by atoms with Crippen LogP contribution in [0.3, 0.4) is 0 Å². The lowest BCUT2D eigenvalue weighted by atomic mass is 10.2. The molecular weight excluding hydrogens is 324 g/mol. The first-order valence-electron chi connectivity index (χ1n) is 7.80. The Morgan fingerprint density at radius 3 is 2.48 bits per heavy atom. The summed E-state index contributed by atoms with van der Waals surface area (Å²) in [6.45, 7) is 2.46. The van der Waals surface area contributed by atoms with E-state index in [4.69, 9.17) is 19.9 Å². The third-order valence-electron chi connectivity index (χ3n) is 3.61. The Balaban J connectivity index is 1.60. The summed E-state index contributed by atoms with van der Waals surface area (Å²) in [5, 5.41) is 2.69. The summed E-state index contributed by atoms with van der Waals surface area (Å²) < 4.78 is 16.1. The highest BCUT2D eigenvalue weighted by Crippen LogP contribution is 2.32. The number of anilines is 2. The van der Waals surface area contributed by atoms with E-state index in [0.29, 0.717) is 41.7 Å². The van der Waals surface area contributed by atoms with Crippen molar-refractivity contribution in [2.75, 3.05) is 24.3 Å². The van der Waals surface area contributed by atoms with Crippen LogP contribution in [0.15, 0.2) is 42.5 Å². The molecule has 0 radical (unpaired) electrons. The zero-order valence-corrected chi connectivity index (χ0v) is 13.7. The maximum atomic E-state index is 12.2. The summed E-state index contributed by atoms with van der Waals surface area (Å²) in [5.74, 6) is 0.160. The normalized spacial score (nSPS) is 13.6. The van der Waals surface area contributed by atoms with Crippen molar-refractivity contribution in [2.24, 2.45) is 0 Å². The van der Waals surface area contributed by atoms with Gasteiger partial charge in [0.1, 0.15) is 13.2 Å². The molecule has 0 spiro atoms. The molecule has 0 bridgehead atoms. The van der Waals surface area contributed by atoms with Gasteiger partial charge in [0, 0.05) is 17.4 Å². The first-order chi connectivity index (χ1) is 12.0. The third-order valence-corrected chi connectivity index (χ3v) is 3.61. The Morgan fingerprint density at radius 1 is 1.08 bits per heavy atom. The fraction of sp³-hybridized carbons (Fsp3) is 0.222. The van der Waals surface area contributed by atoms with Crippen molar-refractivity contribution in [2.45, 2.75) is 13.0 Å². The fourth-order valence-corrected chi connectivity index (χ4v) is 2.27. The number of benzene rings is 2. The maximum Gasteiger partial charge on any atom is 0.338 e. The molecule has 0 fully saturated rings. The van der Waals surface area contributed by atoms with Crippen LogP contribution in [-0.4, -0.2) is 31.2 Å². The predicted molar refractivity (Wildman–Crippen MR) is 91.8 cm³/mol. The molecule has 1 heterocycles. The van der Waals surface area contributed by atoms with E-state index in [2.05, 4.69) is 5.32 Å². The van der Waals surface area contributed by atoms with Gasteiger partial charge in [0.25, 0.3) is 5.91 Å². The van der Waals surface area contributed by atoms with Crippen LogP contribution in [0.5, 0.6) is 11.5 Å². The molecule has 3 N–H and O–H groups in total. The van der Waals surface area contributed by atoms with Gasteiger partial charge in [-0.05, 0) is 43.3 Å². The molecule has 130 valence electrons. The van der Waals surface area contributed by atoms with Crippen molar-refractivity contribution in [3.63, 3.8) is 0 Å². The molecule has 7 heteroatoms. The molecule has 2 aromatic rings. The lowest BCUT2D eigenvalue weighted by molar-refractivity contribution is -0.123. The van der Waals surface area contributed by atoms with Gasteiger partial charge in [0.05, 0.1) is 5.56 Å². The molecule has 1 aliphatic rings. The monoisotopic (exact) mass is 342 g/mol. The molecule has 2 aromatic carbocycles. The van der Waals surface area contributed by atoms with Crippen LogP contribution in [-0.2, 0) is 9.53 Å². The predicted octanol–water partition coefficient (Wildman–Crippen LogP) is 2.22. The van der Waals surface area contributed by atoms with Gasteiger partial charge in [-0.25, -0.2) is 4.79 Å². The largest absolute Gasteiger partial charge is 0.486 e. The van der Waals surface area contributed by atoms with E-state index in [1.165, 1.54) is 6.92 Å². The summed E-state index contributed by atoms with van der Waals surface area (Å²) in [5.41, 5.74) is 6.98. The number of ether oxygens (including phenoxy) is 3. The molecular formula is C18H18N2O5. The van der Waals surface area contributed by atoms with Crippen LogP contribution in [0.25, 0.3) is 0 Å². The molecule has 1 atom stereocenters. The van der Waals surface area contributed by atoms with Gasteiger partial charge >= 0.3 is 5.97 Å². The number of carbonyl (C=O) groups excluding carboxylic acids is 2. The van der Waals surface area contributed by atoms with Crippen LogP contribution in [0, 0.1) is 0 Å². The molecule has 0 aromatic heterocycles. The number of nitrogens with two attached hydrogens (primary N) is 1. The molecule has 0 saturated carbocycles. The van der Waals surface area contributed by atoms with Crippen LogP contribution < -0.4 is 20.5 Å². The Bertz CT molecular complexity index is 789. The highest BCUT2D eigenvalue weighted by molar-refractivity contribution is 5.97. The van der Waals surface area contributed by atoms with Gasteiger partial charge in [-0.2, -0.15) is 0 Å². The second kappa shape index (κ2) is 7.12. The standard InChI is InChI=1S/C18H18N2O5/c1-11(25-18(22)12-2-4-13(19)5-3-12)17(21)20-14-6-7-15-16(10-14)24-9-8-23-15/h2-7,10-11H,8-9,19H2,1H3,(H,20,21). The van der Waals surface area contributed by atoms with Crippen molar-refractivity contribution < 1.29 is 23.8 Å². The van der Waals surface area contributed by atoms with Gasteiger partial charge < -0.3 is 25.3 Å². The van der Waals surface area contributed by atoms with E-state index in [-0.39, 0.29) is 0 Å². The van der Waals surface area contributed by atoms with Gasteiger partial charge in [-0.15, -0.1) is 0 Å². The Labute approximate surface area is 144 Å². The minimum absolute atomic E-state index is 0.327. The van der Waals surface area contributed by atoms with Gasteiger partial charge in [0.2, 0.25) is 0 Å². The first-order valence-corrected chi connectivity index (χ1v) is 7.80. The van der Waals surface area contributed by atoms with Crippen molar-refractivity contribution in [3.05, 3.63) is 48.0 Å². The summed E-state index contributed by atoms with van der Waals surface area (Å²) in [4.78, 5) is 24.3. The Kier molecular flexibility index (Phi) is 4.74. The third kappa shape index (κ3) is 4.00. The van der Waals surface area contributed by atoms with Crippen LogP contribution >= 0.6 is 0 Å². The van der Waals surface area contributed by atoms with Gasteiger partial charge in [-0.3, -0.25) is 4.79 Å². The van der Waals surface area contributed by atoms with Crippen LogP contribution in [0.4, 0.5) is 11.4 Å². The quantitative estimate of drug-likeness (QED) is 0.653. The zero-order chi connectivity index (χ0) is 17.8. The molecule has 1 aliphatic heterocycles. The number of esters is 1. The number of hydrogen-bond donors (Lipinski definition) is 2. The number of carbonyl (C=O) groups is 2. The second-order valence-corrected chi connectivity index (χ2v) is 5.52. The second-order valence-electron chi connectivity index (χ2n) is 5.52. The summed E-state index contributed by atoms with van der Waals surface area (Å²) >= 11 is 0. The van der Waals surface area contributed by atoms with Crippen LogP contribution in [0.2, 0.25) is 0 Å². The minimum atomic E-state index is -0.960. The van der Waals surface area contributed by atoms with E-state index < -0.39 is 18.0 Å². The topological polar surface area (TPSA) is 99.9 Å². The molecule has 0 saturated heterocycles. The van der Waals surface area contributed by atoms with Gasteiger partial charge in [0.15, 0.2) is 17.6 Å². The summed E-state index contributed by atoms with van der Waals surface area (Å²) in [6.07, 6.45) is -0.960. The van der Waals surface area contributed by atoms with Gasteiger partial charge in [-0.1, -0.05) is 0 Å². The number of amides is 1. The van der Waals surface area contributed by atoms with Crippen LogP contribution in [0.1, 0.15) is 17.3 Å². The van der Waals surface area contributed by atoms with E-state index in [9.17, 15) is 9.59 Å². The van der Waals surface area contributed by atoms with Crippen molar-refractivity contribution in [1.29, 1.82) is 0 Å². The smallest absolute Gasteiger partial charge is 0.338 e. The fourth-order valence-electron chi connectivity index (χ4n) is 2.27. The lowest BCUT2D eigenvalue weighted by Gasteiger charge is -2.19. The number of rotatable bonds is 4. The minimum Gasteiger partial charge on any atom is -0.486 e. The van der Waals surface area contributed by atoms with Crippen molar-refractivity contribution >= 4 is 23.3 Å². The first kappa shape index (κ1) is 16.6. The average Bonchev–Trinajstić information content (AvgIpc) is 2.62. The number of nitrogens with one attached hydrogen (secondary N) is 1. The van der Waals surface area contributed by atoms with E-state index in [1.54, 1.807) is 42.5 Å². The SMILES string of the molecule is CC(OC(=O)c1ccc(N)cc1)C(=O)Nc1ccc2c(c1)OCCO2. The highest BCUT2D eigenvalue weighted by Gasteiger charge is 2.20. The number of fused-ring (bicyclic) bond motifs is 1. The van der Waals surface area contributed by atoms with Crippen molar-refractivity contribution in [3.8, 4) is 11.5 Å². The average molecular weight is 342 g/mol. The zero-order valence-electron chi connectivity index (χ0n) is 13.7. The molecule has 1 unspecified atom stereocenters. The number of nitrogen functional groups attached to an aromatic ring is 1. The molecule has 25 heavy (non-hydrogen) atoms.